The fourth-order valence-electron chi connectivity index (χ4n) is 1.59. The fourth-order valence-corrected chi connectivity index (χ4v) is 1.59. The Morgan fingerprint density at radius 3 is 1.73 bits per heavy atom. The van der Waals surface area contributed by atoms with E-state index in [2.05, 4.69) is 32.6 Å². The Labute approximate surface area is 70.8 Å². The van der Waals surface area contributed by atoms with Crippen molar-refractivity contribution in [3.8, 4) is 0 Å². The van der Waals surface area contributed by atoms with Crippen LogP contribution in [0.4, 0.5) is 0 Å². The third kappa shape index (κ3) is 3.21. The van der Waals surface area contributed by atoms with E-state index in [0.717, 1.165) is 0 Å². The van der Waals surface area contributed by atoms with Crippen molar-refractivity contribution in [1.29, 1.82) is 0 Å². The first kappa shape index (κ1) is 10.9. The van der Waals surface area contributed by atoms with Crippen molar-refractivity contribution in [2.45, 2.75) is 59.3 Å². The van der Waals surface area contributed by atoms with Gasteiger partial charge in [-0.25, -0.2) is 0 Å². The monoisotopic (exact) mass is 158 g/mol. The van der Waals surface area contributed by atoms with Gasteiger partial charge < -0.3 is 5.73 Å². The summed E-state index contributed by atoms with van der Waals surface area (Å²) >= 11 is 0. The van der Waals surface area contributed by atoms with Gasteiger partial charge in [-0.3, -0.25) is 4.90 Å². The molecule has 0 aliphatic rings. The number of hydrogen-bond acceptors (Lipinski definition) is 2. The molecule has 0 amide bonds. The Hall–Kier alpha value is -0.0800. The van der Waals surface area contributed by atoms with E-state index >= 15 is 0 Å². The summed E-state index contributed by atoms with van der Waals surface area (Å²) in [7, 11) is 0. The number of nitrogens with zero attached hydrogens (tertiary/aromatic N) is 1. The second-order valence-corrected chi connectivity index (χ2v) is 3.54. The van der Waals surface area contributed by atoms with E-state index in [0.29, 0.717) is 12.1 Å². The van der Waals surface area contributed by atoms with Crippen LogP contribution in [0, 0.1) is 0 Å². The molecule has 0 rings (SSSR count). The summed E-state index contributed by atoms with van der Waals surface area (Å²) in [6.45, 7) is 10.9. The Morgan fingerprint density at radius 1 is 1.18 bits per heavy atom. The van der Waals surface area contributed by atoms with Gasteiger partial charge in [0.05, 0.1) is 6.17 Å². The average molecular weight is 158 g/mol. The minimum Gasteiger partial charge on any atom is -0.316 e. The number of rotatable bonds is 4. The maximum atomic E-state index is 5.84. The molecule has 0 saturated carbocycles. The normalized spacial score (nSPS) is 17.5. The van der Waals surface area contributed by atoms with Crippen molar-refractivity contribution in [2.75, 3.05) is 0 Å². The SMILES string of the molecule is CCC(C)N(C(C)C)C(C)N. The fraction of sp³-hybridized carbons (Fsp3) is 1.00. The van der Waals surface area contributed by atoms with E-state index < -0.39 is 0 Å². The van der Waals surface area contributed by atoms with Crippen molar-refractivity contribution >= 4 is 0 Å². The lowest BCUT2D eigenvalue weighted by Gasteiger charge is -2.35. The summed E-state index contributed by atoms with van der Waals surface area (Å²) < 4.78 is 0. The van der Waals surface area contributed by atoms with Gasteiger partial charge in [-0.1, -0.05) is 6.92 Å². The molecule has 0 aromatic carbocycles. The number of hydrogen-bond donors (Lipinski definition) is 1. The second kappa shape index (κ2) is 4.73. The molecule has 2 atom stereocenters. The smallest absolute Gasteiger partial charge is 0.0547 e. The average Bonchev–Trinajstić information content (AvgIpc) is 1.85. The van der Waals surface area contributed by atoms with Gasteiger partial charge in [-0.15, -0.1) is 0 Å². The van der Waals surface area contributed by atoms with Crippen LogP contribution >= 0.6 is 0 Å². The minimum absolute atomic E-state index is 0.171. The zero-order valence-corrected chi connectivity index (χ0v) is 8.46. The molecule has 0 bridgehead atoms. The van der Waals surface area contributed by atoms with Crippen LogP contribution in [-0.2, 0) is 0 Å². The summed E-state index contributed by atoms with van der Waals surface area (Å²) in [5, 5.41) is 0. The van der Waals surface area contributed by atoms with E-state index in [9.17, 15) is 0 Å². The third-order valence-electron chi connectivity index (χ3n) is 2.17. The molecule has 0 fully saturated rings. The van der Waals surface area contributed by atoms with Crippen molar-refractivity contribution in [3.05, 3.63) is 0 Å². The highest BCUT2D eigenvalue weighted by molar-refractivity contribution is 4.72. The van der Waals surface area contributed by atoms with Gasteiger partial charge in [0.1, 0.15) is 0 Å². The van der Waals surface area contributed by atoms with Gasteiger partial charge in [0.2, 0.25) is 0 Å². The van der Waals surface area contributed by atoms with Crippen LogP contribution in [0.1, 0.15) is 41.0 Å². The van der Waals surface area contributed by atoms with Gasteiger partial charge in [-0.05, 0) is 34.1 Å². The molecule has 11 heavy (non-hydrogen) atoms. The van der Waals surface area contributed by atoms with Crippen LogP contribution in [0.5, 0.6) is 0 Å². The lowest BCUT2D eigenvalue weighted by atomic mass is 10.1. The first-order valence-corrected chi connectivity index (χ1v) is 4.53. The molecular formula is C9H22N2. The molecule has 2 unspecified atom stereocenters. The summed E-state index contributed by atoms with van der Waals surface area (Å²) in [5.74, 6) is 0. The molecule has 0 aromatic rings. The van der Waals surface area contributed by atoms with Crippen LogP contribution in [0.15, 0.2) is 0 Å². The van der Waals surface area contributed by atoms with Gasteiger partial charge in [0.15, 0.2) is 0 Å². The summed E-state index contributed by atoms with van der Waals surface area (Å²) in [6, 6.07) is 1.14. The van der Waals surface area contributed by atoms with Crippen molar-refractivity contribution in [3.63, 3.8) is 0 Å². The van der Waals surface area contributed by atoms with E-state index in [4.69, 9.17) is 5.73 Å². The predicted octanol–water partition coefficient (Wildman–Crippen LogP) is 1.80. The Morgan fingerprint density at radius 2 is 1.64 bits per heavy atom. The zero-order chi connectivity index (χ0) is 9.02. The highest BCUT2D eigenvalue weighted by Gasteiger charge is 2.18. The van der Waals surface area contributed by atoms with Crippen LogP contribution < -0.4 is 5.73 Å². The predicted molar refractivity (Wildman–Crippen MR) is 50.4 cm³/mol. The van der Waals surface area contributed by atoms with E-state index in [1.807, 2.05) is 6.92 Å². The van der Waals surface area contributed by atoms with Crippen LogP contribution in [0.3, 0.4) is 0 Å². The van der Waals surface area contributed by atoms with Gasteiger partial charge in [0.25, 0.3) is 0 Å². The van der Waals surface area contributed by atoms with Crippen LogP contribution in [0.2, 0.25) is 0 Å². The topological polar surface area (TPSA) is 29.3 Å². The van der Waals surface area contributed by atoms with Crippen LogP contribution in [-0.4, -0.2) is 23.1 Å². The van der Waals surface area contributed by atoms with Gasteiger partial charge in [-0.2, -0.15) is 0 Å². The molecule has 0 saturated heterocycles. The molecule has 0 aliphatic carbocycles. The first-order chi connectivity index (χ1) is 5.00. The van der Waals surface area contributed by atoms with E-state index in [-0.39, 0.29) is 6.17 Å². The number of nitrogens with two attached hydrogens (primary N) is 1. The third-order valence-corrected chi connectivity index (χ3v) is 2.17. The quantitative estimate of drug-likeness (QED) is 0.632. The maximum absolute atomic E-state index is 5.84. The molecule has 2 heteroatoms. The lowest BCUT2D eigenvalue weighted by Crippen LogP contribution is -2.48. The van der Waals surface area contributed by atoms with Crippen molar-refractivity contribution in [2.24, 2.45) is 5.73 Å². The van der Waals surface area contributed by atoms with E-state index in [1.54, 1.807) is 0 Å². The maximum Gasteiger partial charge on any atom is 0.0547 e. The lowest BCUT2D eigenvalue weighted by molar-refractivity contribution is 0.113. The second-order valence-electron chi connectivity index (χ2n) is 3.54. The Kier molecular flexibility index (Phi) is 4.69. The molecule has 0 heterocycles. The highest BCUT2D eigenvalue weighted by Crippen LogP contribution is 2.09. The van der Waals surface area contributed by atoms with Gasteiger partial charge in [0, 0.05) is 12.1 Å². The molecule has 2 nitrogen and oxygen atoms in total. The standard InChI is InChI=1S/C9H22N2/c1-6-8(4)11(7(2)3)9(5)10/h7-9H,6,10H2,1-5H3. The summed E-state index contributed by atoms with van der Waals surface area (Å²) in [4.78, 5) is 2.33. The molecule has 2 N–H and O–H groups in total. The van der Waals surface area contributed by atoms with Crippen molar-refractivity contribution in [1.82, 2.24) is 4.90 Å². The molecule has 0 radical (unpaired) electrons. The molecule has 0 spiro atoms. The Bertz CT molecular complexity index is 91.7. The Balaban J connectivity index is 4.09. The zero-order valence-electron chi connectivity index (χ0n) is 8.46. The highest BCUT2D eigenvalue weighted by atomic mass is 15.3. The largest absolute Gasteiger partial charge is 0.316 e. The van der Waals surface area contributed by atoms with Crippen molar-refractivity contribution < 1.29 is 0 Å². The molecular weight excluding hydrogens is 136 g/mol. The molecule has 0 aromatic heterocycles. The molecule has 0 aliphatic heterocycles. The van der Waals surface area contributed by atoms with Gasteiger partial charge >= 0.3 is 0 Å². The summed E-state index contributed by atoms with van der Waals surface area (Å²) in [6.07, 6.45) is 1.34. The van der Waals surface area contributed by atoms with Crippen LogP contribution in [0.25, 0.3) is 0 Å². The molecule has 68 valence electrons. The summed E-state index contributed by atoms with van der Waals surface area (Å²) in [5.41, 5.74) is 5.84. The first-order valence-electron chi connectivity index (χ1n) is 4.53. The minimum atomic E-state index is 0.171. The van der Waals surface area contributed by atoms with E-state index in [1.165, 1.54) is 6.42 Å².